The fourth-order valence-corrected chi connectivity index (χ4v) is 3.04. The van der Waals surface area contributed by atoms with E-state index in [9.17, 15) is 15.0 Å². The van der Waals surface area contributed by atoms with Gasteiger partial charge in [-0.15, -0.1) is 0 Å². The molecular weight excluding hydrogens is 218 g/mol. The third-order valence-corrected chi connectivity index (χ3v) is 3.80. The van der Waals surface area contributed by atoms with Gasteiger partial charge in [0, 0.05) is 24.2 Å². The average molecular weight is 233 g/mol. The van der Waals surface area contributed by atoms with Crippen molar-refractivity contribution in [2.45, 2.75) is 25.7 Å². The van der Waals surface area contributed by atoms with Crippen molar-refractivity contribution in [2.75, 3.05) is 18.0 Å². The van der Waals surface area contributed by atoms with Crippen LogP contribution in [0.2, 0.25) is 0 Å². The molecule has 0 spiro atoms. The zero-order valence-electron chi connectivity index (χ0n) is 9.57. The van der Waals surface area contributed by atoms with Crippen molar-refractivity contribution in [2.24, 2.45) is 0 Å². The van der Waals surface area contributed by atoms with Gasteiger partial charge in [-0.05, 0) is 25.7 Å². The topological polar surface area (TPSA) is 60.8 Å². The Balaban J connectivity index is 2.33. The maximum absolute atomic E-state index is 11.0. The fraction of sp³-hybridized carbons (Fsp3) is 0.462. The number of hydrogen-bond donors (Lipinski definition) is 2. The smallest absolute Gasteiger partial charge is 0.157 e. The van der Waals surface area contributed by atoms with Crippen LogP contribution in [0.4, 0.5) is 5.69 Å². The molecule has 0 amide bonds. The summed E-state index contributed by atoms with van der Waals surface area (Å²) >= 11 is 0. The van der Waals surface area contributed by atoms with E-state index in [1.165, 1.54) is 0 Å². The second-order valence-corrected chi connectivity index (χ2v) is 4.73. The van der Waals surface area contributed by atoms with E-state index in [0.717, 1.165) is 55.6 Å². The van der Waals surface area contributed by atoms with Crippen molar-refractivity contribution in [3.8, 4) is 11.5 Å². The van der Waals surface area contributed by atoms with Crippen molar-refractivity contribution in [1.29, 1.82) is 0 Å². The zero-order valence-corrected chi connectivity index (χ0v) is 9.57. The van der Waals surface area contributed by atoms with E-state index in [1.54, 1.807) is 0 Å². The van der Waals surface area contributed by atoms with E-state index in [0.29, 0.717) is 6.29 Å². The van der Waals surface area contributed by atoms with Gasteiger partial charge in [0.25, 0.3) is 0 Å². The lowest BCUT2D eigenvalue weighted by atomic mass is 9.88. The molecule has 2 aliphatic rings. The fourth-order valence-electron chi connectivity index (χ4n) is 3.04. The van der Waals surface area contributed by atoms with Gasteiger partial charge in [-0.3, -0.25) is 4.79 Å². The molecule has 3 rings (SSSR count). The normalized spacial score (nSPS) is 17.8. The molecular formula is C13H15NO3. The van der Waals surface area contributed by atoms with Gasteiger partial charge >= 0.3 is 0 Å². The highest BCUT2D eigenvalue weighted by atomic mass is 16.3. The predicted octanol–water partition coefficient (Wildman–Crippen LogP) is 1.61. The minimum absolute atomic E-state index is 0.0251. The van der Waals surface area contributed by atoms with Gasteiger partial charge in [0.15, 0.2) is 6.29 Å². The average Bonchev–Trinajstić information content (AvgIpc) is 2.36. The highest BCUT2D eigenvalue weighted by Gasteiger charge is 2.30. The molecule has 0 saturated carbocycles. The first-order chi connectivity index (χ1) is 8.24. The molecule has 4 heteroatoms. The molecule has 0 fully saturated rings. The van der Waals surface area contributed by atoms with Gasteiger partial charge in [-0.2, -0.15) is 0 Å². The SMILES string of the molecule is O=Cc1c(O)c2c3c(c1O)CCCN3CCC2. The van der Waals surface area contributed by atoms with Crippen LogP contribution in [0.25, 0.3) is 0 Å². The molecule has 0 aromatic heterocycles. The van der Waals surface area contributed by atoms with Crippen LogP contribution in [-0.4, -0.2) is 29.6 Å². The van der Waals surface area contributed by atoms with Crippen LogP contribution < -0.4 is 4.90 Å². The summed E-state index contributed by atoms with van der Waals surface area (Å²) in [5.74, 6) is -0.0503. The molecule has 17 heavy (non-hydrogen) atoms. The lowest BCUT2D eigenvalue weighted by Crippen LogP contribution is -2.34. The summed E-state index contributed by atoms with van der Waals surface area (Å²) < 4.78 is 0. The quantitative estimate of drug-likeness (QED) is 0.723. The van der Waals surface area contributed by atoms with E-state index in [2.05, 4.69) is 4.90 Å². The summed E-state index contributed by atoms with van der Waals surface area (Å²) in [5, 5.41) is 20.1. The molecule has 2 aliphatic heterocycles. The van der Waals surface area contributed by atoms with Crippen molar-refractivity contribution in [1.82, 2.24) is 0 Å². The van der Waals surface area contributed by atoms with Crippen molar-refractivity contribution >= 4 is 12.0 Å². The first kappa shape index (κ1) is 10.4. The molecule has 0 saturated heterocycles. The zero-order chi connectivity index (χ0) is 12.0. The monoisotopic (exact) mass is 233 g/mol. The Kier molecular flexibility index (Phi) is 2.24. The third-order valence-electron chi connectivity index (χ3n) is 3.80. The molecule has 4 nitrogen and oxygen atoms in total. The van der Waals surface area contributed by atoms with Gasteiger partial charge in [0.2, 0.25) is 0 Å². The molecule has 1 aromatic rings. The molecule has 90 valence electrons. The number of benzene rings is 1. The summed E-state index contributed by atoms with van der Waals surface area (Å²) in [6.07, 6.45) is 4.10. The Morgan fingerprint density at radius 3 is 2.00 bits per heavy atom. The Bertz CT molecular complexity index is 459. The van der Waals surface area contributed by atoms with Crippen LogP contribution in [-0.2, 0) is 12.8 Å². The minimum Gasteiger partial charge on any atom is -0.507 e. The van der Waals surface area contributed by atoms with Crippen LogP contribution in [0.3, 0.4) is 0 Å². The number of carbonyl (C=O) groups is 1. The molecule has 0 unspecified atom stereocenters. The van der Waals surface area contributed by atoms with Gasteiger partial charge in [0.05, 0.1) is 11.3 Å². The van der Waals surface area contributed by atoms with E-state index in [-0.39, 0.29) is 17.1 Å². The molecule has 0 aliphatic carbocycles. The van der Waals surface area contributed by atoms with Crippen LogP contribution in [0, 0.1) is 0 Å². The van der Waals surface area contributed by atoms with Crippen molar-refractivity contribution < 1.29 is 15.0 Å². The van der Waals surface area contributed by atoms with Gasteiger partial charge in [-0.1, -0.05) is 0 Å². The number of aromatic hydroxyl groups is 2. The van der Waals surface area contributed by atoms with E-state index < -0.39 is 0 Å². The molecule has 2 N–H and O–H groups in total. The largest absolute Gasteiger partial charge is 0.507 e. The highest BCUT2D eigenvalue weighted by molar-refractivity contribution is 5.89. The lowest BCUT2D eigenvalue weighted by Gasteiger charge is -2.37. The van der Waals surface area contributed by atoms with Gasteiger partial charge < -0.3 is 15.1 Å². The number of phenols is 2. The van der Waals surface area contributed by atoms with Gasteiger partial charge in [-0.25, -0.2) is 0 Å². The molecule has 2 heterocycles. The Hall–Kier alpha value is -1.71. The second kappa shape index (κ2) is 3.65. The van der Waals surface area contributed by atoms with Crippen molar-refractivity contribution in [3.05, 3.63) is 16.7 Å². The standard InChI is InChI=1S/C13H15NO3/c15-7-10-12(16)8-3-1-5-14-6-2-4-9(11(8)14)13(10)17/h7,16-17H,1-6H2. The summed E-state index contributed by atoms with van der Waals surface area (Å²) in [4.78, 5) is 13.2. The summed E-state index contributed by atoms with van der Waals surface area (Å²) in [6, 6.07) is 0. The number of aldehydes is 1. The lowest BCUT2D eigenvalue weighted by molar-refractivity contribution is 0.111. The summed E-state index contributed by atoms with van der Waals surface area (Å²) in [7, 11) is 0. The molecule has 0 radical (unpaired) electrons. The maximum atomic E-state index is 11.0. The summed E-state index contributed by atoms with van der Waals surface area (Å²) in [5.41, 5.74) is 2.71. The Morgan fingerprint density at radius 1 is 1.00 bits per heavy atom. The molecule has 1 aromatic carbocycles. The molecule has 0 bridgehead atoms. The maximum Gasteiger partial charge on any atom is 0.157 e. The first-order valence-corrected chi connectivity index (χ1v) is 6.03. The van der Waals surface area contributed by atoms with Crippen LogP contribution >= 0.6 is 0 Å². The Labute approximate surface area is 99.5 Å². The van der Waals surface area contributed by atoms with Gasteiger partial charge in [0.1, 0.15) is 11.5 Å². The highest BCUT2D eigenvalue weighted by Crippen LogP contribution is 2.46. The third kappa shape index (κ3) is 1.33. The number of anilines is 1. The van der Waals surface area contributed by atoms with Crippen molar-refractivity contribution in [3.63, 3.8) is 0 Å². The molecule has 0 atom stereocenters. The summed E-state index contributed by atoms with van der Waals surface area (Å²) in [6.45, 7) is 1.94. The van der Waals surface area contributed by atoms with E-state index in [4.69, 9.17) is 0 Å². The van der Waals surface area contributed by atoms with Crippen LogP contribution in [0.5, 0.6) is 11.5 Å². The number of hydrogen-bond acceptors (Lipinski definition) is 4. The number of nitrogens with zero attached hydrogens (tertiary/aromatic N) is 1. The minimum atomic E-state index is -0.0251. The van der Waals surface area contributed by atoms with E-state index >= 15 is 0 Å². The first-order valence-electron chi connectivity index (χ1n) is 6.03. The van der Waals surface area contributed by atoms with Crippen LogP contribution in [0.1, 0.15) is 34.3 Å². The number of phenolic OH excluding ortho intramolecular Hbond substituents is 2. The number of rotatable bonds is 1. The Morgan fingerprint density at radius 2 is 1.53 bits per heavy atom. The van der Waals surface area contributed by atoms with E-state index in [1.807, 2.05) is 0 Å². The second-order valence-electron chi connectivity index (χ2n) is 4.73. The van der Waals surface area contributed by atoms with Crippen LogP contribution in [0.15, 0.2) is 0 Å². The predicted molar refractivity (Wildman–Crippen MR) is 64.0 cm³/mol. The number of carbonyl (C=O) groups excluding carboxylic acids is 1.